The molecule has 2 saturated heterocycles. The fraction of sp³-hybridized carbons (Fsp3) is 1.00. The summed E-state index contributed by atoms with van der Waals surface area (Å²) in [5.41, 5.74) is 0.413. The van der Waals surface area contributed by atoms with Crippen LogP contribution < -0.4 is 0 Å². The number of piperidine rings is 1. The van der Waals surface area contributed by atoms with Crippen LogP contribution in [0.1, 0.15) is 39.5 Å². The minimum atomic E-state index is 0.413. The highest BCUT2D eigenvalue weighted by atomic mass is 16.5. The summed E-state index contributed by atoms with van der Waals surface area (Å²) in [5, 5.41) is 0. The van der Waals surface area contributed by atoms with Gasteiger partial charge in [-0.05, 0) is 63.6 Å². The highest BCUT2D eigenvalue weighted by Gasteiger charge is 2.50. The van der Waals surface area contributed by atoms with Gasteiger partial charge in [0.25, 0.3) is 0 Å². The average molecular weight is 280 g/mol. The summed E-state index contributed by atoms with van der Waals surface area (Å²) >= 11 is 0. The van der Waals surface area contributed by atoms with Gasteiger partial charge < -0.3 is 9.64 Å². The van der Waals surface area contributed by atoms with Gasteiger partial charge in [-0.2, -0.15) is 0 Å². The Morgan fingerprint density at radius 2 is 1.85 bits per heavy atom. The van der Waals surface area contributed by atoms with Gasteiger partial charge in [0.1, 0.15) is 0 Å². The van der Waals surface area contributed by atoms with E-state index in [1.807, 2.05) is 0 Å². The van der Waals surface area contributed by atoms with Crippen molar-refractivity contribution < 1.29 is 4.74 Å². The van der Waals surface area contributed by atoms with Crippen molar-refractivity contribution in [2.45, 2.75) is 45.1 Å². The average Bonchev–Trinajstić information content (AvgIpc) is 2.39. The second-order valence-corrected chi connectivity index (χ2v) is 7.88. The molecule has 0 N–H and O–H groups in total. The third-order valence-electron chi connectivity index (χ3n) is 6.09. The number of rotatable bonds is 3. The lowest BCUT2D eigenvalue weighted by Crippen LogP contribution is -2.65. The molecule has 20 heavy (non-hydrogen) atoms. The Kier molecular flexibility index (Phi) is 4.40. The Bertz CT molecular complexity index is 317. The minimum Gasteiger partial charge on any atom is -0.378 e. The molecule has 1 spiro atoms. The van der Waals surface area contributed by atoms with Crippen LogP contribution in [0.5, 0.6) is 0 Å². The van der Waals surface area contributed by atoms with Crippen LogP contribution in [0.3, 0.4) is 0 Å². The topological polar surface area (TPSA) is 15.7 Å². The van der Waals surface area contributed by atoms with Gasteiger partial charge >= 0.3 is 0 Å². The van der Waals surface area contributed by atoms with Crippen molar-refractivity contribution in [2.75, 3.05) is 46.4 Å². The van der Waals surface area contributed by atoms with Gasteiger partial charge in [0.15, 0.2) is 0 Å². The lowest BCUT2D eigenvalue weighted by Gasteiger charge is -2.58. The summed E-state index contributed by atoms with van der Waals surface area (Å²) in [7, 11) is 2.26. The highest BCUT2D eigenvalue weighted by Crippen LogP contribution is 2.47. The van der Waals surface area contributed by atoms with Crippen molar-refractivity contribution in [1.29, 1.82) is 0 Å². The van der Waals surface area contributed by atoms with Crippen LogP contribution in [0.4, 0.5) is 0 Å². The largest absolute Gasteiger partial charge is 0.378 e. The van der Waals surface area contributed by atoms with E-state index in [0.717, 1.165) is 37.5 Å². The van der Waals surface area contributed by atoms with E-state index in [2.05, 4.69) is 30.7 Å². The Hall–Kier alpha value is -0.120. The van der Waals surface area contributed by atoms with Gasteiger partial charge in [-0.15, -0.1) is 0 Å². The maximum atomic E-state index is 5.84. The first-order valence-corrected chi connectivity index (χ1v) is 8.60. The first-order valence-electron chi connectivity index (χ1n) is 8.60. The lowest BCUT2D eigenvalue weighted by molar-refractivity contribution is -0.141. The highest BCUT2D eigenvalue weighted by molar-refractivity contribution is 5.05. The number of morpholine rings is 1. The molecule has 0 amide bonds. The molecule has 116 valence electrons. The number of hydrogen-bond donors (Lipinski definition) is 0. The van der Waals surface area contributed by atoms with Crippen molar-refractivity contribution in [3.8, 4) is 0 Å². The Morgan fingerprint density at radius 1 is 1.15 bits per heavy atom. The van der Waals surface area contributed by atoms with Crippen LogP contribution in [0, 0.1) is 17.8 Å². The molecule has 3 rings (SSSR count). The Balaban J connectivity index is 1.56. The molecule has 1 saturated carbocycles. The van der Waals surface area contributed by atoms with Crippen LogP contribution in [-0.2, 0) is 4.74 Å². The fourth-order valence-electron chi connectivity index (χ4n) is 4.37. The zero-order valence-corrected chi connectivity index (χ0v) is 13.6. The minimum absolute atomic E-state index is 0.413. The first-order chi connectivity index (χ1) is 9.59. The van der Waals surface area contributed by atoms with Crippen LogP contribution in [0.25, 0.3) is 0 Å². The van der Waals surface area contributed by atoms with Gasteiger partial charge in [0.05, 0.1) is 13.2 Å². The predicted molar refractivity (Wildman–Crippen MR) is 82.9 cm³/mol. The molecule has 0 radical (unpaired) electrons. The Morgan fingerprint density at radius 3 is 2.50 bits per heavy atom. The summed E-state index contributed by atoms with van der Waals surface area (Å²) in [6.45, 7) is 11.8. The third-order valence-corrected chi connectivity index (χ3v) is 6.09. The molecule has 2 aliphatic heterocycles. The summed E-state index contributed by atoms with van der Waals surface area (Å²) in [6, 6.07) is 0. The first kappa shape index (κ1) is 14.8. The molecule has 3 nitrogen and oxygen atoms in total. The van der Waals surface area contributed by atoms with E-state index >= 15 is 0 Å². The van der Waals surface area contributed by atoms with Crippen molar-refractivity contribution in [2.24, 2.45) is 17.8 Å². The lowest BCUT2D eigenvalue weighted by atomic mass is 9.63. The molecule has 3 aliphatic rings. The molecular formula is C17H32N2O. The number of likely N-dealkylation sites (tertiary alicyclic amines) is 1. The molecule has 3 fully saturated rings. The van der Waals surface area contributed by atoms with E-state index in [4.69, 9.17) is 4.74 Å². The van der Waals surface area contributed by atoms with Gasteiger partial charge in [0, 0.05) is 18.6 Å². The maximum Gasteiger partial charge on any atom is 0.0651 e. The van der Waals surface area contributed by atoms with Crippen molar-refractivity contribution in [1.82, 2.24) is 9.80 Å². The van der Waals surface area contributed by atoms with E-state index in [0.29, 0.717) is 5.54 Å². The van der Waals surface area contributed by atoms with Gasteiger partial charge in [-0.25, -0.2) is 0 Å². The number of hydrogen-bond acceptors (Lipinski definition) is 3. The smallest absolute Gasteiger partial charge is 0.0651 e. The number of nitrogens with zero attached hydrogens (tertiary/aromatic N) is 2. The maximum absolute atomic E-state index is 5.84. The van der Waals surface area contributed by atoms with Gasteiger partial charge in [-0.1, -0.05) is 13.8 Å². The SMILES string of the molecule is CC(C)C1CC2(COCCN2CC2CCN(C)CC2)C1. The van der Waals surface area contributed by atoms with Gasteiger partial charge in [0.2, 0.25) is 0 Å². The van der Waals surface area contributed by atoms with Gasteiger partial charge in [-0.3, -0.25) is 4.90 Å². The summed E-state index contributed by atoms with van der Waals surface area (Å²) in [5.74, 6) is 2.68. The van der Waals surface area contributed by atoms with Crippen LogP contribution >= 0.6 is 0 Å². The quantitative estimate of drug-likeness (QED) is 0.790. The van der Waals surface area contributed by atoms with E-state index < -0.39 is 0 Å². The van der Waals surface area contributed by atoms with Crippen LogP contribution in [0.2, 0.25) is 0 Å². The van der Waals surface area contributed by atoms with E-state index in [9.17, 15) is 0 Å². The number of ether oxygens (including phenoxy) is 1. The second kappa shape index (κ2) is 5.94. The summed E-state index contributed by atoms with van der Waals surface area (Å²) in [6.07, 6.45) is 5.52. The molecular weight excluding hydrogens is 248 g/mol. The third kappa shape index (κ3) is 2.90. The normalized spacial score (nSPS) is 37.5. The molecule has 0 aromatic heterocycles. The Labute approximate surface area is 124 Å². The standard InChI is InChI=1S/C17H32N2O/c1-14(2)16-10-17(11-16)13-20-9-8-19(17)12-15-4-6-18(3)7-5-15/h14-16H,4-13H2,1-3H3. The molecule has 0 bridgehead atoms. The predicted octanol–water partition coefficient (Wildman–Crippen LogP) is 2.47. The van der Waals surface area contributed by atoms with Crippen LogP contribution in [0.15, 0.2) is 0 Å². The van der Waals surface area contributed by atoms with Crippen molar-refractivity contribution in [3.63, 3.8) is 0 Å². The molecule has 0 unspecified atom stereocenters. The monoisotopic (exact) mass is 280 g/mol. The summed E-state index contributed by atoms with van der Waals surface area (Å²) in [4.78, 5) is 5.29. The molecule has 3 heteroatoms. The fourth-order valence-corrected chi connectivity index (χ4v) is 4.37. The molecule has 0 atom stereocenters. The molecule has 2 heterocycles. The van der Waals surface area contributed by atoms with E-state index in [1.165, 1.54) is 45.3 Å². The molecule has 1 aliphatic carbocycles. The second-order valence-electron chi connectivity index (χ2n) is 7.88. The molecule has 0 aromatic rings. The zero-order valence-electron chi connectivity index (χ0n) is 13.6. The van der Waals surface area contributed by atoms with Crippen molar-refractivity contribution in [3.05, 3.63) is 0 Å². The van der Waals surface area contributed by atoms with Crippen LogP contribution in [-0.4, -0.2) is 61.8 Å². The van der Waals surface area contributed by atoms with Crippen molar-refractivity contribution >= 4 is 0 Å². The van der Waals surface area contributed by atoms with E-state index in [1.54, 1.807) is 0 Å². The zero-order chi connectivity index (χ0) is 14.2. The van der Waals surface area contributed by atoms with E-state index in [-0.39, 0.29) is 0 Å². The summed E-state index contributed by atoms with van der Waals surface area (Å²) < 4.78 is 5.84. The molecule has 0 aromatic carbocycles.